The highest BCUT2D eigenvalue weighted by Crippen LogP contribution is 2.21. The molecule has 1 aromatic carbocycles. The lowest BCUT2D eigenvalue weighted by Crippen LogP contribution is -2.27. The molecule has 5 aromatic rings. The summed E-state index contributed by atoms with van der Waals surface area (Å²) in [6.07, 6.45) is 9.81. The van der Waals surface area contributed by atoms with Crippen LogP contribution in [-0.4, -0.2) is 78.7 Å². The number of carbonyl (C=O) groups excluding carboxylic acids is 4. The van der Waals surface area contributed by atoms with Crippen LogP contribution in [0, 0.1) is 0 Å². The van der Waals surface area contributed by atoms with Gasteiger partial charge in [0.15, 0.2) is 0 Å². The molecule has 4 aromatic heterocycles. The number of hydrogen-bond donors (Lipinski definition) is 5. The molecule has 0 aliphatic carbocycles. The lowest BCUT2D eigenvalue weighted by atomic mass is 10.1. The summed E-state index contributed by atoms with van der Waals surface area (Å²) < 4.78 is 4.83. The highest BCUT2D eigenvalue weighted by Gasteiger charge is 2.19. The molecule has 0 unspecified atom stereocenters. The van der Waals surface area contributed by atoms with Crippen LogP contribution >= 0.6 is 35.6 Å². The molecule has 4 heterocycles. The van der Waals surface area contributed by atoms with E-state index in [1.165, 1.54) is 0 Å². The lowest BCUT2D eigenvalue weighted by Gasteiger charge is -2.22. The number of amides is 4. The number of aromatic nitrogens is 5. The van der Waals surface area contributed by atoms with E-state index in [1.54, 1.807) is 96.2 Å². The van der Waals surface area contributed by atoms with Gasteiger partial charge in [0, 0.05) is 101 Å². The first-order chi connectivity index (χ1) is 24.6. The maximum atomic E-state index is 13.2. The van der Waals surface area contributed by atoms with Crippen LogP contribution in [0.4, 0.5) is 22.7 Å². The number of rotatable bonds is 16. The summed E-state index contributed by atoms with van der Waals surface area (Å²) in [5, 5.41) is 11.4. The second-order valence-electron chi connectivity index (χ2n) is 11.8. The summed E-state index contributed by atoms with van der Waals surface area (Å²) in [4.78, 5) is 61.4. The monoisotopic (exact) mass is 770 g/mol. The first kappa shape index (κ1) is 39.6. The number of aromatic amines is 1. The van der Waals surface area contributed by atoms with Crippen molar-refractivity contribution in [1.29, 1.82) is 0 Å². The zero-order valence-corrected chi connectivity index (χ0v) is 31.2. The van der Waals surface area contributed by atoms with Crippen LogP contribution in [0.5, 0.6) is 0 Å². The molecule has 0 saturated carbocycles. The summed E-state index contributed by atoms with van der Waals surface area (Å²) in [6.45, 7) is 1.75. The third-order valence-corrected chi connectivity index (χ3v) is 8.46. The number of H-pyrrole nitrogens is 1. The zero-order valence-electron chi connectivity index (χ0n) is 28.9. The van der Waals surface area contributed by atoms with Crippen LogP contribution in [0.1, 0.15) is 54.1 Å². The van der Waals surface area contributed by atoms with Gasteiger partial charge in [0.1, 0.15) is 22.9 Å². The van der Waals surface area contributed by atoms with Crippen molar-refractivity contribution >= 4 is 82.0 Å². The largest absolute Gasteiger partial charge is 0.369 e. The second kappa shape index (κ2) is 18.4. The van der Waals surface area contributed by atoms with Crippen LogP contribution in [0.3, 0.4) is 0 Å². The number of imidazole rings is 1. The van der Waals surface area contributed by atoms with E-state index in [0.717, 1.165) is 17.9 Å². The Balaban J connectivity index is 0.00000605. The van der Waals surface area contributed by atoms with Crippen LogP contribution in [0.25, 0.3) is 0 Å². The molecule has 0 saturated heterocycles. The Labute approximate surface area is 317 Å². The topological polar surface area (TPSA) is 163 Å². The molecule has 4 amide bonds. The van der Waals surface area contributed by atoms with E-state index in [2.05, 4.69) is 31.2 Å². The molecule has 276 valence electrons. The molecule has 5 rings (SSSR count). The summed E-state index contributed by atoms with van der Waals surface area (Å²) in [6, 6.07) is 11.9. The molecule has 0 aliphatic heterocycles. The summed E-state index contributed by atoms with van der Waals surface area (Å²) in [7, 11) is 5.11. The Morgan fingerprint density at radius 1 is 0.731 bits per heavy atom. The Bertz CT molecular complexity index is 1980. The maximum Gasteiger partial charge on any atom is 0.272 e. The minimum Gasteiger partial charge on any atom is -0.369 e. The van der Waals surface area contributed by atoms with Gasteiger partial charge in [-0.2, -0.15) is 0 Å². The quantitative estimate of drug-likeness (QED) is 0.0680. The predicted octanol–water partition coefficient (Wildman–Crippen LogP) is 5.25. The molecule has 0 atom stereocenters. The van der Waals surface area contributed by atoms with Gasteiger partial charge in [-0.3, -0.25) is 19.2 Å². The van der Waals surface area contributed by atoms with Crippen LogP contribution in [0.2, 0.25) is 0 Å². The number of carbonyl (C=O) groups is 4. The van der Waals surface area contributed by atoms with Crippen molar-refractivity contribution in [2.75, 3.05) is 52.2 Å². The molecule has 0 aliphatic rings. The average Bonchev–Trinajstić information content (AvgIpc) is 3.91. The minimum atomic E-state index is -0.429. The fourth-order valence-electron chi connectivity index (χ4n) is 5.55. The van der Waals surface area contributed by atoms with Gasteiger partial charge in [-0.25, -0.2) is 4.98 Å². The van der Waals surface area contributed by atoms with E-state index in [0.29, 0.717) is 71.8 Å². The zero-order chi connectivity index (χ0) is 36.5. The molecule has 0 spiro atoms. The third kappa shape index (κ3) is 9.99. The van der Waals surface area contributed by atoms with Gasteiger partial charge in [0.25, 0.3) is 23.6 Å². The normalized spacial score (nSPS) is 10.7. The number of aryl methyl sites for hydroxylation is 4. The van der Waals surface area contributed by atoms with Gasteiger partial charge in [0.2, 0.25) is 0 Å². The molecule has 17 heteroatoms. The fraction of sp³-hybridized carbons (Fsp3) is 0.286. The first-order valence-electron chi connectivity index (χ1n) is 16.2. The minimum absolute atomic E-state index is 0. The van der Waals surface area contributed by atoms with E-state index in [9.17, 15) is 19.2 Å². The third-order valence-electron chi connectivity index (χ3n) is 8.12. The van der Waals surface area contributed by atoms with Gasteiger partial charge in [-0.1, -0.05) is 0 Å². The molecule has 52 heavy (non-hydrogen) atoms. The van der Waals surface area contributed by atoms with Crippen molar-refractivity contribution in [2.45, 2.75) is 12.8 Å². The van der Waals surface area contributed by atoms with Crippen molar-refractivity contribution in [1.82, 2.24) is 29.0 Å². The molecule has 0 radical (unpaired) electrons. The smallest absolute Gasteiger partial charge is 0.272 e. The Hall–Kier alpha value is -5.18. The number of hydrogen-bond acceptors (Lipinski definition) is 6. The van der Waals surface area contributed by atoms with E-state index in [-0.39, 0.29) is 29.9 Å². The summed E-state index contributed by atoms with van der Waals surface area (Å²) in [5.74, 6) is 0.337. The van der Waals surface area contributed by atoms with E-state index in [1.807, 2.05) is 17.0 Å². The predicted molar refractivity (Wildman–Crippen MR) is 207 cm³/mol. The number of benzene rings is 1. The van der Waals surface area contributed by atoms with Crippen molar-refractivity contribution < 1.29 is 19.2 Å². The van der Waals surface area contributed by atoms with Crippen LogP contribution in [0.15, 0.2) is 73.4 Å². The molecular weight excluding hydrogens is 731 g/mol. The van der Waals surface area contributed by atoms with Crippen molar-refractivity contribution in [3.05, 3.63) is 102 Å². The number of anilines is 4. The van der Waals surface area contributed by atoms with Crippen molar-refractivity contribution in [3.8, 4) is 0 Å². The molecule has 0 fully saturated rings. The second-order valence-corrected chi connectivity index (χ2v) is 12.6. The molecule has 0 bridgehead atoms. The first-order valence-corrected chi connectivity index (χ1v) is 17.3. The highest BCUT2D eigenvalue weighted by molar-refractivity contribution is 6.18. The fourth-order valence-corrected chi connectivity index (χ4v) is 5.96. The van der Waals surface area contributed by atoms with Gasteiger partial charge >= 0.3 is 0 Å². The van der Waals surface area contributed by atoms with E-state index in [4.69, 9.17) is 23.2 Å². The number of nitrogens with one attached hydrogen (secondary N) is 5. The van der Waals surface area contributed by atoms with Gasteiger partial charge in [0.05, 0.1) is 17.1 Å². The van der Waals surface area contributed by atoms with Crippen molar-refractivity contribution in [2.24, 2.45) is 21.1 Å². The number of halogens is 3. The van der Waals surface area contributed by atoms with E-state index >= 15 is 0 Å². The Morgan fingerprint density at radius 2 is 1.21 bits per heavy atom. The van der Waals surface area contributed by atoms with Crippen LogP contribution in [-0.2, 0) is 27.6 Å². The average molecular weight is 772 g/mol. The SMILES string of the molecule is Cl.Cn1cc(NC(=O)c2cc(NC(=O)c3cc(NC(=O)c4ccc(N(CCCl)CCCl)cc4)cn3C)cn2C)cc1C(=O)NCCCc1ncc[nH]1. The number of alkyl halides is 2. The van der Waals surface area contributed by atoms with Gasteiger partial charge in [-0.15, -0.1) is 35.6 Å². The molecule has 14 nitrogen and oxygen atoms in total. The Morgan fingerprint density at radius 3 is 1.67 bits per heavy atom. The van der Waals surface area contributed by atoms with Crippen molar-refractivity contribution in [3.63, 3.8) is 0 Å². The maximum absolute atomic E-state index is 13.2. The van der Waals surface area contributed by atoms with E-state index < -0.39 is 11.8 Å². The highest BCUT2D eigenvalue weighted by atomic mass is 35.5. The standard InChI is InChI=1S/C35H40Cl2N10O4.ClH/c1-44-21-25(17-28(44)33(49)40-12-4-5-31-38-13-14-39-31)42-35(51)30-19-26(22-46(30)3)43-34(50)29-18-24(20-45(29)2)41-32(48)23-6-8-27(9-7-23)47(15-10-36)16-11-37;/h6-9,13-14,17-22H,4-5,10-12,15-16H2,1-3H3,(H,38,39)(H,40,49)(H,41,48)(H,42,51)(H,43,50);1H. The lowest BCUT2D eigenvalue weighted by molar-refractivity contribution is 0.0942. The molecular formula is C35H41Cl3N10O4. The number of nitrogens with zero attached hydrogens (tertiary/aromatic N) is 5. The van der Waals surface area contributed by atoms with Gasteiger partial charge in [-0.05, 0) is 48.9 Å². The van der Waals surface area contributed by atoms with Gasteiger partial charge < -0.3 is 44.9 Å². The van der Waals surface area contributed by atoms with Crippen LogP contribution < -0.4 is 26.2 Å². The Kier molecular flexibility index (Phi) is 14.0. The summed E-state index contributed by atoms with van der Waals surface area (Å²) >= 11 is 11.8. The summed E-state index contributed by atoms with van der Waals surface area (Å²) in [5.41, 5.74) is 3.64. The molecule has 5 N–H and O–H groups in total.